The van der Waals surface area contributed by atoms with Gasteiger partial charge in [0, 0.05) is 38.3 Å². The first-order valence-corrected chi connectivity index (χ1v) is 12.4. The minimum atomic E-state index is -3.83. The number of hydrogen-bond donors (Lipinski definition) is 0. The summed E-state index contributed by atoms with van der Waals surface area (Å²) in [5, 5.41) is 0. The van der Waals surface area contributed by atoms with Crippen molar-refractivity contribution in [2.45, 2.75) is 31.2 Å². The maximum absolute atomic E-state index is 13.9. The van der Waals surface area contributed by atoms with Crippen molar-refractivity contribution in [3.05, 3.63) is 60.2 Å². The highest BCUT2D eigenvalue weighted by Crippen LogP contribution is 2.28. The molecule has 0 saturated carbocycles. The fourth-order valence-electron chi connectivity index (χ4n) is 4.27. The number of sulfonamides is 1. The van der Waals surface area contributed by atoms with Gasteiger partial charge in [-0.1, -0.05) is 13.8 Å². The summed E-state index contributed by atoms with van der Waals surface area (Å²) in [6, 6.07) is 5.93. The lowest BCUT2D eigenvalue weighted by atomic mass is 10.0. The first-order valence-electron chi connectivity index (χ1n) is 11.0. The fraction of sp³-hybridized carbons (Fsp3) is 0.391. The van der Waals surface area contributed by atoms with E-state index in [1.54, 1.807) is 9.47 Å². The lowest BCUT2D eigenvalue weighted by Crippen LogP contribution is -2.42. The van der Waals surface area contributed by atoms with E-state index >= 15 is 0 Å². The van der Waals surface area contributed by atoms with Crippen molar-refractivity contribution in [3.8, 4) is 0 Å². The smallest absolute Gasteiger partial charge is 0.246 e. The largest absolute Gasteiger partial charge is 0.340 e. The third-order valence-electron chi connectivity index (χ3n) is 6.02. The number of imidazole rings is 1. The topological polar surface area (TPSA) is 75.5 Å². The zero-order chi connectivity index (χ0) is 24.6. The van der Waals surface area contributed by atoms with Crippen molar-refractivity contribution in [1.82, 2.24) is 18.8 Å². The van der Waals surface area contributed by atoms with Crippen molar-refractivity contribution in [2.75, 3.05) is 26.2 Å². The highest BCUT2D eigenvalue weighted by molar-refractivity contribution is 7.89. The Hall–Kier alpha value is -2.92. The van der Waals surface area contributed by atoms with E-state index in [4.69, 9.17) is 0 Å². The zero-order valence-corrected chi connectivity index (χ0v) is 19.6. The Morgan fingerprint density at radius 2 is 1.65 bits per heavy atom. The molecule has 1 saturated heterocycles. The van der Waals surface area contributed by atoms with Gasteiger partial charge >= 0.3 is 0 Å². The number of aromatic nitrogens is 2. The molecule has 2 heterocycles. The van der Waals surface area contributed by atoms with E-state index in [1.807, 2.05) is 13.8 Å². The van der Waals surface area contributed by atoms with Crippen molar-refractivity contribution < 1.29 is 26.4 Å². The van der Waals surface area contributed by atoms with Crippen LogP contribution in [0.15, 0.2) is 47.6 Å². The molecule has 0 N–H and O–H groups in total. The van der Waals surface area contributed by atoms with Crippen molar-refractivity contribution in [2.24, 2.45) is 5.92 Å². The average molecular weight is 495 g/mol. The maximum Gasteiger partial charge on any atom is 0.246 e. The molecule has 1 amide bonds. The number of benzene rings is 2. The van der Waals surface area contributed by atoms with Crippen LogP contribution in [0.2, 0.25) is 0 Å². The van der Waals surface area contributed by atoms with Gasteiger partial charge in [-0.15, -0.1) is 0 Å². The number of carbonyl (C=O) groups is 1. The summed E-state index contributed by atoms with van der Waals surface area (Å²) in [4.78, 5) is 19.3. The standard InChI is InChI=1S/C23H25F3N4O3S/c1-15(2)22(30-14-27-20-12-18(25)19(26)13-21(20)30)23(31)28-8-3-9-29(11-10-28)34(32,33)17-6-4-16(24)5-7-17/h4-7,12-15,22H,3,8-11H2,1-2H3. The number of halogens is 3. The van der Waals surface area contributed by atoms with E-state index in [-0.39, 0.29) is 41.9 Å². The van der Waals surface area contributed by atoms with Gasteiger partial charge in [0.15, 0.2) is 11.6 Å². The van der Waals surface area contributed by atoms with Crippen LogP contribution in [-0.4, -0.2) is 59.3 Å². The van der Waals surface area contributed by atoms with Crippen LogP contribution < -0.4 is 0 Å². The Morgan fingerprint density at radius 3 is 2.32 bits per heavy atom. The molecular formula is C23H25F3N4O3S. The number of fused-ring (bicyclic) bond motifs is 1. The third kappa shape index (κ3) is 4.54. The molecule has 0 aliphatic carbocycles. The van der Waals surface area contributed by atoms with Gasteiger partial charge in [-0.25, -0.2) is 26.6 Å². The van der Waals surface area contributed by atoms with Gasteiger partial charge in [0.05, 0.1) is 22.3 Å². The van der Waals surface area contributed by atoms with Crippen LogP contribution in [0.5, 0.6) is 0 Å². The predicted molar refractivity (Wildman–Crippen MR) is 120 cm³/mol. The van der Waals surface area contributed by atoms with Gasteiger partial charge in [-0.3, -0.25) is 4.79 Å². The summed E-state index contributed by atoms with van der Waals surface area (Å²) in [6.45, 7) is 4.50. The Kier molecular flexibility index (Phi) is 6.68. The highest BCUT2D eigenvalue weighted by Gasteiger charge is 2.33. The molecule has 1 fully saturated rings. The van der Waals surface area contributed by atoms with Crippen LogP contribution in [0.25, 0.3) is 11.0 Å². The maximum atomic E-state index is 13.9. The molecule has 1 aliphatic rings. The summed E-state index contributed by atoms with van der Waals surface area (Å²) in [5.74, 6) is -3.01. The summed E-state index contributed by atoms with van der Waals surface area (Å²) < 4.78 is 69.5. The predicted octanol–water partition coefficient (Wildman–Crippen LogP) is 3.57. The number of carbonyl (C=O) groups excluding carboxylic acids is 1. The second-order valence-electron chi connectivity index (χ2n) is 8.63. The zero-order valence-electron chi connectivity index (χ0n) is 18.8. The van der Waals surface area contributed by atoms with Gasteiger partial charge in [-0.05, 0) is 36.6 Å². The fourth-order valence-corrected chi connectivity index (χ4v) is 5.74. The number of hydrogen-bond acceptors (Lipinski definition) is 4. The van der Waals surface area contributed by atoms with Gasteiger partial charge in [0.1, 0.15) is 11.9 Å². The number of amides is 1. The van der Waals surface area contributed by atoms with Crippen LogP contribution in [0, 0.1) is 23.4 Å². The first-order chi connectivity index (χ1) is 16.1. The van der Waals surface area contributed by atoms with Crippen LogP contribution in [-0.2, 0) is 14.8 Å². The Labute approximate surface area is 195 Å². The summed E-state index contributed by atoms with van der Waals surface area (Å²) in [7, 11) is -3.83. The molecule has 34 heavy (non-hydrogen) atoms. The second kappa shape index (κ2) is 9.38. The van der Waals surface area contributed by atoms with E-state index in [1.165, 1.54) is 22.8 Å². The van der Waals surface area contributed by atoms with E-state index in [0.717, 1.165) is 24.3 Å². The average Bonchev–Trinajstić information content (AvgIpc) is 3.00. The molecule has 0 spiro atoms. The van der Waals surface area contributed by atoms with Gasteiger partial charge in [-0.2, -0.15) is 4.31 Å². The van der Waals surface area contributed by atoms with E-state index in [0.29, 0.717) is 18.5 Å². The monoisotopic (exact) mass is 494 g/mol. The third-order valence-corrected chi connectivity index (χ3v) is 7.93. The SMILES string of the molecule is CC(C)C(C(=O)N1CCCN(S(=O)(=O)c2ccc(F)cc2)CC1)n1cnc2cc(F)c(F)cc21. The molecule has 0 radical (unpaired) electrons. The molecule has 3 aromatic rings. The van der Waals surface area contributed by atoms with Crippen LogP contribution in [0.1, 0.15) is 26.3 Å². The molecule has 4 rings (SSSR count). The van der Waals surface area contributed by atoms with Crippen molar-refractivity contribution >= 4 is 27.0 Å². The Morgan fingerprint density at radius 1 is 0.971 bits per heavy atom. The van der Waals surface area contributed by atoms with Crippen LogP contribution >= 0.6 is 0 Å². The molecule has 0 bridgehead atoms. The molecule has 2 aromatic carbocycles. The minimum absolute atomic E-state index is 0.00659. The Bertz CT molecular complexity index is 1310. The number of rotatable bonds is 5. The summed E-state index contributed by atoms with van der Waals surface area (Å²) >= 11 is 0. The normalized spacial score (nSPS) is 16.7. The van der Waals surface area contributed by atoms with E-state index in [9.17, 15) is 26.4 Å². The molecule has 1 unspecified atom stereocenters. The quantitative estimate of drug-likeness (QED) is 0.544. The molecule has 1 atom stereocenters. The molecule has 182 valence electrons. The van der Waals surface area contributed by atoms with Crippen LogP contribution in [0.3, 0.4) is 0 Å². The highest BCUT2D eigenvalue weighted by atomic mass is 32.2. The summed E-state index contributed by atoms with van der Waals surface area (Å²) in [5.41, 5.74) is 0.547. The second-order valence-corrected chi connectivity index (χ2v) is 10.6. The lowest BCUT2D eigenvalue weighted by molar-refractivity contribution is -0.135. The Balaban J connectivity index is 1.56. The van der Waals surface area contributed by atoms with Crippen molar-refractivity contribution in [3.63, 3.8) is 0 Å². The number of nitrogens with zero attached hydrogens (tertiary/aromatic N) is 4. The van der Waals surface area contributed by atoms with E-state index in [2.05, 4.69) is 4.98 Å². The first kappa shape index (κ1) is 24.2. The molecular weight excluding hydrogens is 469 g/mol. The van der Waals surface area contributed by atoms with Crippen molar-refractivity contribution in [1.29, 1.82) is 0 Å². The molecule has 1 aliphatic heterocycles. The van der Waals surface area contributed by atoms with Gasteiger partial charge < -0.3 is 9.47 Å². The van der Waals surface area contributed by atoms with Gasteiger partial charge in [0.2, 0.25) is 15.9 Å². The molecule has 1 aromatic heterocycles. The van der Waals surface area contributed by atoms with Crippen LogP contribution in [0.4, 0.5) is 13.2 Å². The summed E-state index contributed by atoms with van der Waals surface area (Å²) in [6.07, 6.45) is 1.82. The van der Waals surface area contributed by atoms with E-state index < -0.39 is 33.5 Å². The molecule has 7 nitrogen and oxygen atoms in total. The molecule has 11 heteroatoms. The minimum Gasteiger partial charge on any atom is -0.340 e. The lowest BCUT2D eigenvalue weighted by Gasteiger charge is -2.29. The van der Waals surface area contributed by atoms with Gasteiger partial charge in [0.25, 0.3) is 0 Å².